The van der Waals surface area contributed by atoms with Crippen molar-refractivity contribution in [2.75, 3.05) is 7.11 Å². The Morgan fingerprint density at radius 3 is 1.38 bits per heavy atom. The number of halogens is 4. The lowest BCUT2D eigenvalue weighted by Crippen LogP contribution is -2.11. The van der Waals surface area contributed by atoms with Gasteiger partial charge in [-0.2, -0.15) is 43.8 Å². The minimum Gasteiger partial charge on any atom is -0.495 e. The van der Waals surface area contributed by atoms with E-state index in [-0.39, 0.29) is 16.6 Å². The minimum absolute atomic E-state index is 0.00160. The summed E-state index contributed by atoms with van der Waals surface area (Å²) in [7, 11) is 3.58. The number of aromatic amines is 1. The molecule has 10 rings (SSSR count). The summed E-state index contributed by atoms with van der Waals surface area (Å²) in [6.07, 6.45) is 20.6. The van der Waals surface area contributed by atoms with Crippen molar-refractivity contribution >= 4 is 11.6 Å². The molecule has 26 heteroatoms. The standard InChI is InChI=1S/C9H9ClF3N.C9H16N2.C9H13NO.C8H12N2.C8H14N2.C7H12N2.3C6H9N3.C6H10N2/c1-5(2)8-7(9(11,12)13)3-6(10)4-14-8;1-4-6-11-7-5-9(10-11)8(2)3;1-7(2)9-5-4-8(11-3)6-10-9;1-6(2)8-5-9-7(3)4-10-8;1-4-10-6-5-8(9-10)7(2)3;1-6(2)7-4-5-9(3)8-7;1-5(2)6-8-3-7-4-9-6;1-5(2)6-3-7-4-8-9-6;1-5(2)6-7-3-4-8-9-6;1-5(2)6-3-4-7-8-6/h3-5H,1-2H3;5,7-8H,4,6H2,1-3H3;4-7H,1-3H3;4-6H,1-3H3;5-7H,4H2,1-3H3;4-6H,1-3H3;3*3-5H,1-2H3;3-5H,1-2H3,(H,7,8). The normalized spacial score (nSPS) is 10.7. The summed E-state index contributed by atoms with van der Waals surface area (Å²) in [4.78, 5) is 35.7. The van der Waals surface area contributed by atoms with Gasteiger partial charge < -0.3 is 4.74 Å². The van der Waals surface area contributed by atoms with Gasteiger partial charge in [0.05, 0.1) is 76.1 Å². The molecule has 0 amide bonds. The molecular formula is C74H113ClF3N21O. The largest absolute Gasteiger partial charge is 0.495 e. The third kappa shape index (κ3) is 37.9. The van der Waals surface area contributed by atoms with Crippen LogP contribution in [0.25, 0.3) is 0 Å². The molecule has 0 aliphatic carbocycles. The molecule has 0 spiro atoms. The van der Waals surface area contributed by atoms with E-state index in [2.05, 4.69) is 234 Å². The van der Waals surface area contributed by atoms with Crippen LogP contribution in [0.3, 0.4) is 0 Å². The van der Waals surface area contributed by atoms with Crippen LogP contribution in [0.1, 0.15) is 286 Å². The maximum Gasteiger partial charge on any atom is 0.418 e. The summed E-state index contributed by atoms with van der Waals surface area (Å²) >= 11 is 5.47. The summed E-state index contributed by atoms with van der Waals surface area (Å²) in [6.45, 7) is 49.5. The number of aromatic nitrogens is 21. The second kappa shape index (κ2) is 48.8. The molecule has 0 saturated carbocycles. The summed E-state index contributed by atoms with van der Waals surface area (Å²) in [6, 6.07) is 13.0. The van der Waals surface area contributed by atoms with Crippen molar-refractivity contribution in [3.05, 3.63) is 203 Å². The van der Waals surface area contributed by atoms with Crippen LogP contribution in [0.4, 0.5) is 13.2 Å². The molecule has 100 heavy (non-hydrogen) atoms. The number of hydrogen-bond donors (Lipinski definition) is 1. The Bertz CT molecular complexity index is 3490. The molecule has 10 heterocycles. The number of nitrogens with one attached hydrogen (secondary N) is 1. The highest BCUT2D eigenvalue weighted by Crippen LogP contribution is 2.35. The number of aryl methyl sites for hydroxylation is 4. The van der Waals surface area contributed by atoms with Crippen LogP contribution >= 0.6 is 11.6 Å². The molecule has 548 valence electrons. The monoisotopic (exact) mass is 1400 g/mol. The highest BCUT2D eigenvalue weighted by molar-refractivity contribution is 6.30. The molecule has 0 saturated heterocycles. The average molecular weight is 1410 g/mol. The number of hydrogen-bond acceptors (Lipinski definition) is 18. The Kier molecular flexibility index (Phi) is 43.5. The number of ether oxygens (including phenoxy) is 1. The van der Waals surface area contributed by atoms with Crippen LogP contribution in [0, 0.1) is 6.92 Å². The molecule has 0 unspecified atom stereocenters. The molecule has 10 aromatic rings. The van der Waals surface area contributed by atoms with E-state index in [4.69, 9.17) is 16.3 Å². The van der Waals surface area contributed by atoms with Gasteiger partial charge in [-0.1, -0.05) is 157 Å². The van der Waals surface area contributed by atoms with Crippen LogP contribution < -0.4 is 4.74 Å². The highest BCUT2D eigenvalue weighted by Gasteiger charge is 2.35. The number of pyridine rings is 2. The van der Waals surface area contributed by atoms with E-state index in [9.17, 15) is 13.2 Å². The SMILES string of the molecule is CC(C)c1ccn(C)n1.CC(C)c1ccn[nH]1.CC(C)c1cncnn1.CC(C)c1ncc(Cl)cc1C(F)(F)F.CC(C)c1nccnn1.CC(C)c1ncncn1.CCCn1ccc(C(C)C)n1.CCn1ccc(C(C)C)n1.COc1ccc(C(C)C)nc1.Cc1cnc(C(C)C)cn1. The van der Waals surface area contributed by atoms with Gasteiger partial charge in [-0.05, 0) is 110 Å². The van der Waals surface area contributed by atoms with E-state index < -0.39 is 11.7 Å². The molecule has 0 aromatic carbocycles. The predicted molar refractivity (Wildman–Crippen MR) is 394 cm³/mol. The first-order chi connectivity index (χ1) is 47.1. The maximum absolute atomic E-state index is 12.5. The molecule has 0 aliphatic heterocycles. The molecule has 10 aromatic heterocycles. The molecular weight excluding hydrogens is 1290 g/mol. The Balaban J connectivity index is 0.000000557. The Labute approximate surface area is 598 Å². The molecule has 0 fully saturated rings. The lowest BCUT2D eigenvalue weighted by atomic mass is 10.0. The van der Waals surface area contributed by atoms with Gasteiger partial charge in [0.1, 0.15) is 30.6 Å². The van der Waals surface area contributed by atoms with Crippen molar-refractivity contribution in [2.24, 2.45) is 7.05 Å². The quantitative estimate of drug-likeness (QED) is 0.106. The lowest BCUT2D eigenvalue weighted by molar-refractivity contribution is -0.138. The van der Waals surface area contributed by atoms with Gasteiger partial charge in [-0.25, -0.2) is 24.9 Å². The second-order valence-corrected chi connectivity index (χ2v) is 26.3. The van der Waals surface area contributed by atoms with Crippen LogP contribution in [0.2, 0.25) is 5.02 Å². The number of rotatable bonds is 14. The molecule has 0 bridgehead atoms. The zero-order valence-electron chi connectivity index (χ0n) is 63.9. The van der Waals surface area contributed by atoms with Crippen molar-refractivity contribution < 1.29 is 17.9 Å². The first kappa shape index (κ1) is 89.1. The van der Waals surface area contributed by atoms with E-state index in [1.807, 2.05) is 84.7 Å². The summed E-state index contributed by atoms with van der Waals surface area (Å²) in [5.74, 6) is 6.57. The third-order valence-corrected chi connectivity index (χ3v) is 13.8. The van der Waals surface area contributed by atoms with Crippen LogP contribution in [0.15, 0.2) is 130 Å². The van der Waals surface area contributed by atoms with Gasteiger partial charge in [-0.15, -0.1) is 10.2 Å². The number of methoxy groups -OCH3 is 1. The zero-order valence-corrected chi connectivity index (χ0v) is 64.6. The van der Waals surface area contributed by atoms with Crippen LogP contribution in [-0.2, 0) is 26.3 Å². The maximum atomic E-state index is 12.5. The number of nitrogens with zero attached hydrogens (tertiary/aromatic N) is 20. The topological polar surface area (TPSA) is 259 Å². The fraction of sp³-hybridized carbons (Fsp3) is 0.527. The number of H-pyrrole nitrogens is 1. The van der Waals surface area contributed by atoms with Crippen molar-refractivity contribution in [1.29, 1.82) is 0 Å². The van der Waals surface area contributed by atoms with Crippen molar-refractivity contribution in [3.8, 4) is 5.75 Å². The van der Waals surface area contributed by atoms with Crippen molar-refractivity contribution in [3.63, 3.8) is 0 Å². The zero-order chi connectivity index (χ0) is 75.5. The van der Waals surface area contributed by atoms with Gasteiger partial charge in [0.2, 0.25) is 0 Å². The average Bonchev–Trinajstić information content (AvgIpc) is 1.28. The van der Waals surface area contributed by atoms with E-state index in [1.165, 1.54) is 42.3 Å². The second-order valence-electron chi connectivity index (χ2n) is 25.9. The van der Waals surface area contributed by atoms with E-state index >= 15 is 0 Å². The molecule has 0 aliphatic rings. The fourth-order valence-corrected chi connectivity index (χ4v) is 7.67. The summed E-state index contributed by atoms with van der Waals surface area (Å²) in [5, 5.41) is 34.7. The van der Waals surface area contributed by atoms with Gasteiger partial charge in [0, 0.05) is 92.9 Å². The van der Waals surface area contributed by atoms with Gasteiger partial charge >= 0.3 is 6.18 Å². The first-order valence-corrected chi connectivity index (χ1v) is 34.5. The Morgan fingerprint density at radius 1 is 0.480 bits per heavy atom. The summed E-state index contributed by atoms with van der Waals surface area (Å²) in [5.41, 5.74) is 8.10. The van der Waals surface area contributed by atoms with Gasteiger partial charge in [-0.3, -0.25) is 39.1 Å². The van der Waals surface area contributed by atoms with E-state index in [0.717, 1.165) is 71.4 Å². The molecule has 0 radical (unpaired) electrons. The first-order valence-electron chi connectivity index (χ1n) is 34.1. The van der Waals surface area contributed by atoms with Crippen LogP contribution in [0.5, 0.6) is 5.75 Å². The third-order valence-electron chi connectivity index (χ3n) is 13.6. The van der Waals surface area contributed by atoms with Gasteiger partial charge in [0.15, 0.2) is 5.82 Å². The number of alkyl halides is 3. The Hall–Kier alpha value is -8.87. The Morgan fingerprint density at radius 2 is 1.04 bits per heavy atom. The molecule has 22 nitrogen and oxygen atoms in total. The summed E-state index contributed by atoms with van der Waals surface area (Å²) < 4.78 is 48.2. The van der Waals surface area contributed by atoms with E-state index in [0.29, 0.717) is 53.3 Å². The molecule has 0 atom stereocenters. The molecule has 1 N–H and O–H groups in total. The fourth-order valence-electron chi connectivity index (χ4n) is 7.51. The minimum atomic E-state index is -4.39. The van der Waals surface area contributed by atoms with Crippen molar-refractivity contribution in [2.45, 2.75) is 244 Å². The van der Waals surface area contributed by atoms with Gasteiger partial charge in [0.25, 0.3) is 0 Å². The lowest BCUT2D eigenvalue weighted by Gasteiger charge is -2.14. The van der Waals surface area contributed by atoms with E-state index in [1.54, 1.807) is 58.1 Å². The smallest absolute Gasteiger partial charge is 0.418 e. The van der Waals surface area contributed by atoms with Crippen molar-refractivity contribution in [1.82, 2.24) is 105 Å². The van der Waals surface area contributed by atoms with Crippen LogP contribution in [-0.4, -0.2) is 112 Å². The highest BCUT2D eigenvalue weighted by atomic mass is 35.5. The predicted octanol–water partition coefficient (Wildman–Crippen LogP) is 18.5.